The minimum atomic E-state index is -0.646. The van der Waals surface area contributed by atoms with Gasteiger partial charge in [-0.25, -0.2) is 4.98 Å². The lowest BCUT2D eigenvalue weighted by Crippen LogP contribution is -2.11. The van der Waals surface area contributed by atoms with Crippen LogP contribution < -0.4 is 0 Å². The molecule has 1 N–H and O–H groups in total. The van der Waals surface area contributed by atoms with Crippen molar-refractivity contribution in [2.45, 2.75) is 31.9 Å². The van der Waals surface area contributed by atoms with E-state index in [2.05, 4.69) is 41.0 Å². The maximum absolute atomic E-state index is 11.1. The molecule has 1 aromatic heterocycles. The lowest BCUT2D eigenvalue weighted by Gasteiger charge is -2.16. The summed E-state index contributed by atoms with van der Waals surface area (Å²) >= 11 is 5.86. The molecule has 1 atom stereocenters. The number of aliphatic hydroxyl groups excluding tert-OH is 1. The number of imidazole rings is 1. The molecule has 0 amide bonds. The summed E-state index contributed by atoms with van der Waals surface area (Å²) in [4.78, 5) is 5.01. The summed E-state index contributed by atoms with van der Waals surface area (Å²) in [6, 6.07) is 30.9. The van der Waals surface area contributed by atoms with E-state index in [0.29, 0.717) is 24.7 Å². The van der Waals surface area contributed by atoms with Crippen LogP contribution >= 0.6 is 11.6 Å². The Bertz CT molecular complexity index is 1080. The molecule has 3 aromatic carbocycles. The molecule has 4 aromatic rings. The van der Waals surface area contributed by atoms with E-state index in [-0.39, 0.29) is 0 Å². The molecule has 0 aliphatic carbocycles. The molecular weight excluding hydrogens is 404 g/mol. The smallest absolute Gasteiger partial charge is 0.139 e. The van der Waals surface area contributed by atoms with E-state index < -0.39 is 6.10 Å². The van der Waals surface area contributed by atoms with Gasteiger partial charge in [-0.05, 0) is 24.8 Å². The number of halogens is 1. The van der Waals surface area contributed by atoms with Crippen LogP contribution in [0.25, 0.3) is 22.5 Å². The number of alkyl halides is 1. The van der Waals surface area contributed by atoms with Gasteiger partial charge in [0.25, 0.3) is 0 Å². The van der Waals surface area contributed by atoms with Crippen molar-refractivity contribution in [2.75, 3.05) is 5.88 Å². The number of rotatable bonds is 9. The highest BCUT2D eigenvalue weighted by molar-refractivity contribution is 6.17. The lowest BCUT2D eigenvalue weighted by molar-refractivity contribution is 0.151. The van der Waals surface area contributed by atoms with E-state index in [1.807, 2.05) is 54.6 Å². The van der Waals surface area contributed by atoms with Crippen molar-refractivity contribution in [3.05, 3.63) is 102 Å². The number of aromatic nitrogens is 2. The van der Waals surface area contributed by atoms with Crippen molar-refractivity contribution in [1.82, 2.24) is 9.55 Å². The number of unbranched alkanes of at least 4 members (excludes halogenated alkanes) is 1. The van der Waals surface area contributed by atoms with Gasteiger partial charge in [0.15, 0.2) is 0 Å². The highest BCUT2D eigenvalue weighted by Gasteiger charge is 2.24. The topological polar surface area (TPSA) is 38.1 Å². The molecule has 1 heterocycles. The van der Waals surface area contributed by atoms with Crippen molar-refractivity contribution >= 4 is 11.6 Å². The molecular formula is C27H27ClN2O. The summed E-state index contributed by atoms with van der Waals surface area (Å²) in [7, 11) is 0. The van der Waals surface area contributed by atoms with Gasteiger partial charge in [-0.15, -0.1) is 11.6 Å². The Labute approximate surface area is 189 Å². The second-order valence-corrected chi connectivity index (χ2v) is 8.05. The summed E-state index contributed by atoms with van der Waals surface area (Å²) < 4.78 is 2.18. The van der Waals surface area contributed by atoms with Gasteiger partial charge < -0.3 is 9.67 Å². The fourth-order valence-electron chi connectivity index (χ4n) is 3.90. The minimum Gasteiger partial charge on any atom is -0.385 e. The van der Waals surface area contributed by atoms with Crippen molar-refractivity contribution in [1.29, 1.82) is 0 Å². The molecule has 4 rings (SSSR count). The SMILES string of the molecule is O[C@H](CCCCCl)c1nc(-c2ccccc2)c(-c2ccccc2)n1Cc1ccccc1. The van der Waals surface area contributed by atoms with Crippen LogP contribution in [0, 0.1) is 0 Å². The predicted octanol–water partition coefficient (Wildman–Crippen LogP) is 6.71. The molecule has 4 heteroatoms. The van der Waals surface area contributed by atoms with Gasteiger partial charge in [0, 0.05) is 23.6 Å². The molecule has 0 saturated heterocycles. The molecule has 0 spiro atoms. The minimum absolute atomic E-state index is 0.607. The van der Waals surface area contributed by atoms with Gasteiger partial charge in [-0.3, -0.25) is 0 Å². The van der Waals surface area contributed by atoms with Crippen molar-refractivity contribution in [3.8, 4) is 22.5 Å². The van der Waals surface area contributed by atoms with Gasteiger partial charge in [0.2, 0.25) is 0 Å². The highest BCUT2D eigenvalue weighted by atomic mass is 35.5. The molecule has 0 bridgehead atoms. The second-order valence-electron chi connectivity index (χ2n) is 7.67. The van der Waals surface area contributed by atoms with Gasteiger partial charge in [-0.2, -0.15) is 0 Å². The second kappa shape index (κ2) is 10.4. The first-order valence-electron chi connectivity index (χ1n) is 10.8. The van der Waals surface area contributed by atoms with Crippen LogP contribution in [0.15, 0.2) is 91.0 Å². The standard InChI is InChI=1S/C27H27ClN2O/c28-19-11-10-18-24(31)27-29-25(22-14-6-2-7-15-22)26(23-16-8-3-9-17-23)30(27)20-21-12-4-1-5-13-21/h1-9,12-17,24,31H,10-11,18-20H2/t24-/m1/s1. The average molecular weight is 431 g/mol. The molecule has 0 saturated carbocycles. The maximum atomic E-state index is 11.1. The summed E-state index contributed by atoms with van der Waals surface area (Å²) in [5, 5.41) is 11.1. The first-order chi connectivity index (χ1) is 15.3. The van der Waals surface area contributed by atoms with Gasteiger partial charge in [-0.1, -0.05) is 91.0 Å². The third-order valence-electron chi connectivity index (χ3n) is 5.43. The van der Waals surface area contributed by atoms with Crippen molar-refractivity contribution in [3.63, 3.8) is 0 Å². The van der Waals surface area contributed by atoms with Crippen LogP contribution in [-0.4, -0.2) is 20.5 Å². The first kappa shape index (κ1) is 21.4. The summed E-state index contributed by atoms with van der Waals surface area (Å²) in [5.74, 6) is 1.31. The van der Waals surface area contributed by atoms with Gasteiger partial charge in [0.1, 0.15) is 11.9 Å². The molecule has 0 aliphatic heterocycles. The Morgan fingerprint density at radius 3 is 1.97 bits per heavy atom. The number of nitrogens with zero attached hydrogens (tertiary/aromatic N) is 2. The molecule has 3 nitrogen and oxygen atoms in total. The quantitative estimate of drug-likeness (QED) is 0.237. The largest absolute Gasteiger partial charge is 0.385 e. The summed E-state index contributed by atoms with van der Waals surface area (Å²) in [6.45, 7) is 0.646. The van der Waals surface area contributed by atoms with E-state index in [1.165, 1.54) is 5.56 Å². The fourth-order valence-corrected chi connectivity index (χ4v) is 4.09. The molecule has 0 radical (unpaired) electrons. The van der Waals surface area contributed by atoms with E-state index in [1.54, 1.807) is 0 Å². The predicted molar refractivity (Wildman–Crippen MR) is 128 cm³/mol. The van der Waals surface area contributed by atoms with E-state index in [0.717, 1.165) is 35.4 Å². The van der Waals surface area contributed by atoms with Crippen LogP contribution in [0.1, 0.15) is 36.8 Å². The van der Waals surface area contributed by atoms with Crippen LogP contribution in [0.5, 0.6) is 0 Å². The van der Waals surface area contributed by atoms with E-state index in [9.17, 15) is 5.11 Å². The van der Waals surface area contributed by atoms with Crippen LogP contribution in [0.3, 0.4) is 0 Å². The highest BCUT2D eigenvalue weighted by Crippen LogP contribution is 2.36. The first-order valence-corrected chi connectivity index (χ1v) is 11.3. The zero-order valence-electron chi connectivity index (χ0n) is 17.5. The van der Waals surface area contributed by atoms with Crippen molar-refractivity contribution < 1.29 is 5.11 Å². The van der Waals surface area contributed by atoms with Gasteiger partial charge in [0.05, 0.1) is 11.4 Å². The van der Waals surface area contributed by atoms with E-state index >= 15 is 0 Å². The zero-order valence-corrected chi connectivity index (χ0v) is 18.2. The molecule has 0 aliphatic rings. The number of hydrogen-bond donors (Lipinski definition) is 1. The summed E-state index contributed by atoms with van der Waals surface area (Å²) in [5.41, 5.74) is 5.23. The molecule has 31 heavy (non-hydrogen) atoms. The van der Waals surface area contributed by atoms with Crippen LogP contribution in [-0.2, 0) is 6.54 Å². The Hall–Kier alpha value is -2.88. The molecule has 0 unspecified atom stereocenters. The Morgan fingerprint density at radius 2 is 1.35 bits per heavy atom. The third kappa shape index (κ3) is 5.07. The van der Waals surface area contributed by atoms with E-state index in [4.69, 9.17) is 16.6 Å². The monoisotopic (exact) mass is 430 g/mol. The maximum Gasteiger partial charge on any atom is 0.139 e. The molecule has 0 fully saturated rings. The van der Waals surface area contributed by atoms with Crippen molar-refractivity contribution in [2.24, 2.45) is 0 Å². The normalized spacial score (nSPS) is 12.1. The summed E-state index contributed by atoms with van der Waals surface area (Å²) in [6.07, 6.45) is 1.74. The van der Waals surface area contributed by atoms with Crippen LogP contribution in [0.4, 0.5) is 0 Å². The molecule has 158 valence electrons. The fraction of sp³-hybridized carbons (Fsp3) is 0.222. The zero-order chi connectivity index (χ0) is 21.5. The van der Waals surface area contributed by atoms with Gasteiger partial charge >= 0.3 is 0 Å². The number of hydrogen-bond acceptors (Lipinski definition) is 2. The number of aliphatic hydroxyl groups is 1. The Morgan fingerprint density at radius 1 is 0.774 bits per heavy atom. The number of benzene rings is 3. The van der Waals surface area contributed by atoms with Crippen LogP contribution in [0.2, 0.25) is 0 Å². The Balaban J connectivity index is 1.88. The lowest BCUT2D eigenvalue weighted by atomic mass is 10.0. The third-order valence-corrected chi connectivity index (χ3v) is 5.70. The Kier molecular flexibility index (Phi) is 7.18. The average Bonchev–Trinajstić information content (AvgIpc) is 3.20.